The van der Waals surface area contributed by atoms with Gasteiger partial charge in [-0.25, -0.2) is 0 Å². The Bertz CT molecular complexity index is 1020. The van der Waals surface area contributed by atoms with Crippen LogP contribution in [0.4, 0.5) is 0 Å². The summed E-state index contributed by atoms with van der Waals surface area (Å²) in [7, 11) is 0. The molecule has 6 nitrogen and oxygen atoms in total. The van der Waals surface area contributed by atoms with Crippen molar-refractivity contribution in [1.29, 1.82) is 0 Å². The molecule has 0 aromatic heterocycles. The number of unbranched alkanes of at least 4 members (excludes halogenated alkanes) is 3. The number of hydrogen-bond donors (Lipinski definition) is 2. The lowest BCUT2D eigenvalue weighted by atomic mass is 9.49. The van der Waals surface area contributed by atoms with E-state index in [-0.39, 0.29) is 24.1 Å². The number of imide groups is 1. The van der Waals surface area contributed by atoms with Crippen LogP contribution in [0.1, 0.15) is 93.0 Å². The van der Waals surface area contributed by atoms with E-state index in [0.29, 0.717) is 23.9 Å². The Balaban J connectivity index is 0.896. The molecule has 5 fully saturated rings. The molecule has 7 heteroatoms. The maximum absolute atomic E-state index is 13.0. The highest BCUT2D eigenvalue weighted by Crippen LogP contribution is 2.59. The van der Waals surface area contributed by atoms with E-state index in [2.05, 4.69) is 16.7 Å². The summed E-state index contributed by atoms with van der Waals surface area (Å²) < 4.78 is 0. The Hall–Kier alpha value is -1.86. The minimum absolute atomic E-state index is 0.0898. The highest BCUT2D eigenvalue weighted by molar-refractivity contribution is 7.99. The van der Waals surface area contributed by atoms with Crippen molar-refractivity contribution in [2.45, 2.75) is 94.5 Å². The smallest absolute Gasteiger partial charge is 0.255 e. The summed E-state index contributed by atoms with van der Waals surface area (Å²) >= 11 is 1.83. The van der Waals surface area contributed by atoms with Crippen LogP contribution in [-0.2, 0) is 16.1 Å². The average molecular weight is 524 g/mol. The number of nitrogens with zero attached hydrogens (tertiary/aromatic N) is 1. The van der Waals surface area contributed by atoms with E-state index in [1.165, 1.54) is 70.8 Å². The number of nitrogens with one attached hydrogen (secondary N) is 2. The van der Waals surface area contributed by atoms with Crippen molar-refractivity contribution >= 4 is 29.5 Å². The third kappa shape index (κ3) is 5.36. The predicted molar refractivity (Wildman–Crippen MR) is 145 cm³/mol. The molecule has 4 aliphatic carbocycles. The van der Waals surface area contributed by atoms with Crippen LogP contribution in [0.15, 0.2) is 23.1 Å². The maximum atomic E-state index is 13.0. The lowest BCUT2D eigenvalue weighted by molar-refractivity contribution is -0.136. The molecule has 1 aromatic carbocycles. The van der Waals surface area contributed by atoms with E-state index < -0.39 is 6.04 Å². The first-order valence-electron chi connectivity index (χ1n) is 14.6. The van der Waals surface area contributed by atoms with Gasteiger partial charge in [-0.15, -0.1) is 11.8 Å². The zero-order valence-corrected chi connectivity index (χ0v) is 22.8. The molecule has 2 N–H and O–H groups in total. The van der Waals surface area contributed by atoms with Crippen LogP contribution in [-0.4, -0.2) is 47.5 Å². The fourth-order valence-electron chi connectivity index (χ4n) is 8.44. The molecule has 0 radical (unpaired) electrons. The quantitative estimate of drug-likeness (QED) is 0.245. The number of rotatable bonds is 11. The van der Waals surface area contributed by atoms with Crippen molar-refractivity contribution in [1.82, 2.24) is 15.5 Å². The van der Waals surface area contributed by atoms with Crippen molar-refractivity contribution in [2.75, 3.05) is 18.8 Å². The molecule has 4 bridgehead atoms. The topological polar surface area (TPSA) is 78.5 Å². The molecule has 200 valence electrons. The van der Waals surface area contributed by atoms with Crippen molar-refractivity contribution < 1.29 is 14.4 Å². The summed E-state index contributed by atoms with van der Waals surface area (Å²) in [6, 6.07) is 5.36. The zero-order valence-electron chi connectivity index (χ0n) is 21.9. The first-order valence-corrected chi connectivity index (χ1v) is 15.6. The van der Waals surface area contributed by atoms with Crippen LogP contribution in [0.25, 0.3) is 0 Å². The molecule has 0 spiro atoms. The average Bonchev–Trinajstić information content (AvgIpc) is 3.19. The first kappa shape index (κ1) is 25.4. The second kappa shape index (κ2) is 10.7. The Morgan fingerprint density at radius 3 is 2.43 bits per heavy atom. The predicted octanol–water partition coefficient (Wildman–Crippen LogP) is 4.91. The Kier molecular flexibility index (Phi) is 7.37. The van der Waals surface area contributed by atoms with Gasteiger partial charge in [0.25, 0.3) is 5.91 Å². The second-order valence-electron chi connectivity index (χ2n) is 12.5. The molecule has 7 rings (SSSR count). The van der Waals surface area contributed by atoms with Crippen LogP contribution in [0.5, 0.6) is 0 Å². The molecule has 1 unspecified atom stereocenters. The van der Waals surface area contributed by atoms with Crippen LogP contribution in [0, 0.1) is 23.2 Å². The highest BCUT2D eigenvalue weighted by Gasteiger charge is 2.50. The van der Waals surface area contributed by atoms with Crippen LogP contribution in [0.3, 0.4) is 0 Å². The van der Waals surface area contributed by atoms with E-state index >= 15 is 0 Å². The highest BCUT2D eigenvalue weighted by atomic mass is 32.2. The van der Waals surface area contributed by atoms with E-state index in [9.17, 15) is 14.4 Å². The Morgan fingerprint density at radius 1 is 0.973 bits per heavy atom. The summed E-state index contributed by atoms with van der Waals surface area (Å²) in [6.45, 7) is 2.86. The summed E-state index contributed by atoms with van der Waals surface area (Å²) in [5, 5.41) is 6.22. The van der Waals surface area contributed by atoms with Gasteiger partial charge in [-0.05, 0) is 111 Å². The fourth-order valence-corrected chi connectivity index (χ4v) is 9.53. The number of amides is 3. The van der Waals surface area contributed by atoms with Gasteiger partial charge in [0, 0.05) is 30.0 Å². The third-order valence-electron chi connectivity index (χ3n) is 9.71. The molecule has 2 heterocycles. The lowest BCUT2D eigenvalue weighted by Crippen LogP contribution is -2.52. The third-order valence-corrected chi connectivity index (χ3v) is 10.9. The molecular weight excluding hydrogens is 482 g/mol. The molecule has 1 atom stereocenters. The molecule has 37 heavy (non-hydrogen) atoms. The van der Waals surface area contributed by atoms with Gasteiger partial charge >= 0.3 is 0 Å². The number of fused-ring (bicyclic) bond motifs is 1. The van der Waals surface area contributed by atoms with Crippen LogP contribution in [0.2, 0.25) is 0 Å². The number of hydrogen-bond acceptors (Lipinski definition) is 5. The van der Waals surface area contributed by atoms with E-state index in [0.717, 1.165) is 40.5 Å². The lowest BCUT2D eigenvalue weighted by Gasteiger charge is -2.57. The fraction of sp³-hybridized carbons (Fsp3) is 0.700. The van der Waals surface area contributed by atoms with Crippen molar-refractivity contribution in [3.8, 4) is 0 Å². The molecular formula is C30H41N3O3S. The number of thioether (sulfide) groups is 1. The summed E-state index contributed by atoms with van der Waals surface area (Å²) in [5.41, 5.74) is 2.38. The largest absolute Gasteiger partial charge is 0.322 e. The number of carbonyl (C=O) groups excluding carboxylic acids is 3. The Labute approximate surface area is 225 Å². The minimum atomic E-state index is -0.549. The minimum Gasteiger partial charge on any atom is -0.322 e. The normalized spacial score (nSPS) is 32.2. The van der Waals surface area contributed by atoms with Gasteiger partial charge < -0.3 is 10.2 Å². The Morgan fingerprint density at radius 2 is 1.70 bits per heavy atom. The van der Waals surface area contributed by atoms with Gasteiger partial charge in [0.2, 0.25) is 11.8 Å². The molecule has 1 aromatic rings. The SMILES string of the molecule is O=C1CCC(N2Cc3c(SCCCCCCNCC45CC6CC(CC(C6)C4)C5)cccc3C2=O)C(=O)N1. The standard InChI is InChI=1S/C30H41N3O3S/c34-27-9-8-25(28(35)32-27)33-18-24-23(29(33)36)6-5-7-26(24)37-11-4-2-1-3-10-31-19-30-15-20-12-21(16-30)14-22(13-20)17-30/h5-7,20-22,25,31H,1-4,8-19H2,(H,32,34,35). The van der Waals surface area contributed by atoms with E-state index in [1.54, 1.807) is 4.90 Å². The van der Waals surface area contributed by atoms with Gasteiger partial charge in [0.15, 0.2) is 0 Å². The van der Waals surface area contributed by atoms with Crippen molar-refractivity contribution in [3.63, 3.8) is 0 Å². The maximum Gasteiger partial charge on any atom is 0.255 e. The van der Waals surface area contributed by atoms with Gasteiger partial charge in [-0.2, -0.15) is 0 Å². The zero-order chi connectivity index (χ0) is 25.4. The van der Waals surface area contributed by atoms with Gasteiger partial charge in [-0.3, -0.25) is 19.7 Å². The van der Waals surface area contributed by atoms with Crippen molar-refractivity contribution in [3.05, 3.63) is 29.3 Å². The van der Waals surface area contributed by atoms with Gasteiger partial charge in [-0.1, -0.05) is 18.9 Å². The first-order chi connectivity index (χ1) is 18.0. The van der Waals surface area contributed by atoms with Crippen molar-refractivity contribution in [2.24, 2.45) is 23.2 Å². The number of carbonyl (C=O) groups is 3. The number of benzene rings is 1. The number of piperidine rings is 1. The molecule has 3 amide bonds. The van der Waals surface area contributed by atoms with Crippen LogP contribution >= 0.6 is 11.8 Å². The molecule has 2 aliphatic heterocycles. The van der Waals surface area contributed by atoms with Crippen LogP contribution < -0.4 is 10.6 Å². The summed E-state index contributed by atoms with van der Waals surface area (Å²) in [4.78, 5) is 39.6. The monoisotopic (exact) mass is 523 g/mol. The van der Waals surface area contributed by atoms with Gasteiger partial charge in [0.1, 0.15) is 6.04 Å². The molecule has 4 saturated carbocycles. The second-order valence-corrected chi connectivity index (χ2v) is 13.7. The molecule has 1 saturated heterocycles. The molecule has 6 aliphatic rings. The summed E-state index contributed by atoms with van der Waals surface area (Å²) in [6.07, 6.45) is 14.7. The van der Waals surface area contributed by atoms with E-state index in [1.807, 2.05) is 23.9 Å². The summed E-state index contributed by atoms with van der Waals surface area (Å²) in [5.74, 6) is 3.47. The van der Waals surface area contributed by atoms with Gasteiger partial charge in [0.05, 0.1) is 0 Å². The van der Waals surface area contributed by atoms with E-state index in [4.69, 9.17) is 0 Å².